The monoisotopic (exact) mass is 421 g/mol. The molecule has 4 rings (SSSR count). The summed E-state index contributed by atoms with van der Waals surface area (Å²) in [7, 11) is -3.38. The smallest absolute Gasteiger partial charge is 0.407 e. The van der Waals surface area contributed by atoms with E-state index < -0.39 is 16.1 Å². The number of anilines is 2. The van der Waals surface area contributed by atoms with Crippen molar-refractivity contribution in [1.82, 2.24) is 20.2 Å². The number of carbonyl (C=O) groups is 1. The maximum atomic E-state index is 11.8. The van der Waals surface area contributed by atoms with Crippen molar-refractivity contribution in [2.24, 2.45) is 0 Å². The highest BCUT2D eigenvalue weighted by Crippen LogP contribution is 2.31. The molecule has 2 atom stereocenters. The van der Waals surface area contributed by atoms with E-state index in [2.05, 4.69) is 25.6 Å². The Morgan fingerprint density at radius 1 is 1.34 bits per heavy atom. The van der Waals surface area contributed by atoms with Gasteiger partial charge in [-0.1, -0.05) is 0 Å². The van der Waals surface area contributed by atoms with Crippen molar-refractivity contribution >= 4 is 27.6 Å². The lowest BCUT2D eigenvalue weighted by Crippen LogP contribution is -2.33. The largest absolute Gasteiger partial charge is 0.444 e. The Kier molecular flexibility index (Phi) is 5.19. The molecule has 2 aliphatic rings. The van der Waals surface area contributed by atoms with E-state index in [0.717, 1.165) is 11.4 Å². The first-order valence-electron chi connectivity index (χ1n) is 9.34. The summed E-state index contributed by atoms with van der Waals surface area (Å²) in [6.45, 7) is 4.33. The number of nitrogens with one attached hydrogen (secondary N) is 4. The van der Waals surface area contributed by atoms with E-state index in [1.807, 2.05) is 19.9 Å². The zero-order valence-corrected chi connectivity index (χ0v) is 16.9. The third kappa shape index (κ3) is 4.36. The van der Waals surface area contributed by atoms with Gasteiger partial charge < -0.3 is 20.1 Å². The number of alkyl carbamates (subject to hydrolysis) is 1. The standard InChI is InChI=1S/C18H23N5O5S/c1-10(2)20-18(24)28-13-6-15(27-9-13)14-7-17(23-22-14)21-12-3-4-16-11(5-12)8-19-29(16,25)26/h3-5,7,10,13,15,19H,6,8-9H2,1-2H3,(H,20,24)(H2,21,22,23)/t13-,15-/m1/s1. The summed E-state index contributed by atoms with van der Waals surface area (Å²) in [6, 6.07) is 6.89. The fourth-order valence-electron chi connectivity index (χ4n) is 3.34. The summed E-state index contributed by atoms with van der Waals surface area (Å²) < 4.78 is 37.2. The number of fused-ring (bicyclic) bond motifs is 1. The summed E-state index contributed by atoms with van der Waals surface area (Å²) in [6.07, 6.45) is -0.474. The van der Waals surface area contributed by atoms with Gasteiger partial charge in [-0.3, -0.25) is 5.10 Å². The van der Waals surface area contributed by atoms with Crippen molar-refractivity contribution in [3.63, 3.8) is 0 Å². The zero-order valence-electron chi connectivity index (χ0n) is 16.1. The van der Waals surface area contributed by atoms with E-state index >= 15 is 0 Å². The average Bonchev–Trinajstić information content (AvgIpc) is 3.34. The summed E-state index contributed by atoms with van der Waals surface area (Å²) in [5, 5.41) is 13.0. The minimum Gasteiger partial charge on any atom is -0.444 e. The zero-order chi connectivity index (χ0) is 20.6. The molecule has 0 bridgehead atoms. The number of aromatic nitrogens is 2. The van der Waals surface area contributed by atoms with Crippen molar-refractivity contribution in [2.75, 3.05) is 11.9 Å². The van der Waals surface area contributed by atoms with Gasteiger partial charge in [0, 0.05) is 30.8 Å². The van der Waals surface area contributed by atoms with Gasteiger partial charge in [-0.25, -0.2) is 17.9 Å². The number of nitrogens with zero attached hydrogens (tertiary/aromatic N) is 1. The Morgan fingerprint density at radius 2 is 2.17 bits per heavy atom. The van der Waals surface area contributed by atoms with Gasteiger partial charge in [-0.05, 0) is 37.6 Å². The molecular formula is C18H23N5O5S. The molecule has 156 valence electrons. The van der Waals surface area contributed by atoms with Gasteiger partial charge in [0.15, 0.2) is 5.82 Å². The highest BCUT2D eigenvalue weighted by Gasteiger charge is 2.31. The van der Waals surface area contributed by atoms with Crippen LogP contribution < -0.4 is 15.4 Å². The van der Waals surface area contributed by atoms with Crippen LogP contribution in [-0.4, -0.2) is 43.5 Å². The normalized spacial score (nSPS) is 22.4. The molecule has 1 aromatic heterocycles. The first-order valence-corrected chi connectivity index (χ1v) is 10.8. The first-order chi connectivity index (χ1) is 13.8. The molecule has 1 fully saturated rings. The molecule has 0 radical (unpaired) electrons. The Morgan fingerprint density at radius 3 is 2.97 bits per heavy atom. The molecule has 1 amide bonds. The van der Waals surface area contributed by atoms with Crippen LogP contribution in [-0.2, 0) is 26.0 Å². The lowest BCUT2D eigenvalue weighted by atomic mass is 10.1. The van der Waals surface area contributed by atoms with E-state index in [1.165, 1.54) is 0 Å². The van der Waals surface area contributed by atoms with Gasteiger partial charge in [0.2, 0.25) is 10.0 Å². The van der Waals surface area contributed by atoms with Crippen molar-refractivity contribution < 1.29 is 22.7 Å². The molecule has 10 nitrogen and oxygen atoms in total. The van der Waals surface area contributed by atoms with E-state index in [0.29, 0.717) is 29.3 Å². The molecule has 3 heterocycles. The van der Waals surface area contributed by atoms with Crippen LogP contribution in [0.25, 0.3) is 0 Å². The number of hydrogen-bond donors (Lipinski definition) is 4. The molecule has 0 unspecified atom stereocenters. The third-order valence-electron chi connectivity index (χ3n) is 4.66. The topological polar surface area (TPSA) is 134 Å². The molecule has 0 saturated carbocycles. The maximum absolute atomic E-state index is 11.8. The van der Waals surface area contributed by atoms with Gasteiger partial charge in [0.1, 0.15) is 12.2 Å². The minimum absolute atomic E-state index is 0.0111. The maximum Gasteiger partial charge on any atom is 0.407 e. The Bertz CT molecular complexity index is 1020. The van der Waals surface area contributed by atoms with E-state index in [-0.39, 0.29) is 24.8 Å². The van der Waals surface area contributed by atoms with Crippen molar-refractivity contribution in [3.8, 4) is 0 Å². The van der Waals surface area contributed by atoms with Crippen LogP contribution in [0.15, 0.2) is 29.2 Å². The highest BCUT2D eigenvalue weighted by molar-refractivity contribution is 7.89. The van der Waals surface area contributed by atoms with Gasteiger partial charge in [-0.15, -0.1) is 0 Å². The van der Waals surface area contributed by atoms with Gasteiger partial charge in [0.25, 0.3) is 0 Å². The number of carbonyl (C=O) groups excluding carboxylic acids is 1. The van der Waals surface area contributed by atoms with E-state index in [4.69, 9.17) is 9.47 Å². The van der Waals surface area contributed by atoms with Gasteiger partial charge in [0.05, 0.1) is 17.2 Å². The highest BCUT2D eigenvalue weighted by atomic mass is 32.2. The Labute approximate surface area is 168 Å². The predicted molar refractivity (Wildman–Crippen MR) is 104 cm³/mol. The van der Waals surface area contributed by atoms with Crippen LogP contribution in [0.3, 0.4) is 0 Å². The average molecular weight is 421 g/mol. The number of aromatic amines is 1. The molecule has 11 heteroatoms. The minimum atomic E-state index is -3.38. The fourth-order valence-corrected chi connectivity index (χ4v) is 4.56. The van der Waals surface area contributed by atoms with Crippen LogP contribution in [0, 0.1) is 0 Å². The lowest BCUT2D eigenvalue weighted by Gasteiger charge is -2.13. The molecular weight excluding hydrogens is 398 g/mol. The quantitative estimate of drug-likeness (QED) is 0.579. The van der Waals surface area contributed by atoms with Crippen molar-refractivity contribution in [1.29, 1.82) is 0 Å². The van der Waals surface area contributed by atoms with Crippen LogP contribution in [0.2, 0.25) is 0 Å². The molecule has 2 aromatic rings. The second kappa shape index (κ2) is 7.65. The molecule has 4 N–H and O–H groups in total. The summed E-state index contributed by atoms with van der Waals surface area (Å²) in [5.41, 5.74) is 2.22. The molecule has 29 heavy (non-hydrogen) atoms. The first kappa shape index (κ1) is 19.7. The summed E-state index contributed by atoms with van der Waals surface area (Å²) >= 11 is 0. The second-order valence-electron chi connectivity index (χ2n) is 7.36. The number of hydrogen-bond acceptors (Lipinski definition) is 7. The number of rotatable bonds is 5. The van der Waals surface area contributed by atoms with E-state index in [1.54, 1.807) is 18.2 Å². The van der Waals surface area contributed by atoms with Crippen LogP contribution in [0.1, 0.15) is 37.6 Å². The van der Waals surface area contributed by atoms with Crippen LogP contribution in [0.5, 0.6) is 0 Å². The Hall–Kier alpha value is -2.63. The number of sulfonamides is 1. The van der Waals surface area contributed by atoms with Crippen LogP contribution in [0.4, 0.5) is 16.3 Å². The van der Waals surface area contributed by atoms with Gasteiger partial charge >= 0.3 is 6.09 Å². The van der Waals surface area contributed by atoms with Crippen LogP contribution >= 0.6 is 0 Å². The second-order valence-corrected chi connectivity index (χ2v) is 9.10. The fraction of sp³-hybridized carbons (Fsp3) is 0.444. The molecule has 0 spiro atoms. The van der Waals surface area contributed by atoms with Crippen molar-refractivity contribution in [3.05, 3.63) is 35.5 Å². The number of ether oxygens (including phenoxy) is 2. The van der Waals surface area contributed by atoms with Crippen molar-refractivity contribution in [2.45, 2.75) is 50.0 Å². The predicted octanol–water partition coefficient (Wildman–Crippen LogP) is 1.91. The number of H-pyrrole nitrogens is 1. The SMILES string of the molecule is CC(C)NC(=O)O[C@H]1CO[C@@H](c2cc(Nc3ccc4c(c3)CNS4(=O)=O)n[nH]2)C1. The molecule has 1 saturated heterocycles. The number of amides is 1. The third-order valence-corrected chi connectivity index (χ3v) is 6.16. The molecule has 0 aliphatic carbocycles. The number of benzene rings is 1. The molecule has 1 aromatic carbocycles. The van der Waals surface area contributed by atoms with E-state index in [9.17, 15) is 13.2 Å². The van der Waals surface area contributed by atoms with Gasteiger partial charge in [-0.2, -0.15) is 5.10 Å². The lowest BCUT2D eigenvalue weighted by molar-refractivity contribution is 0.0682. The summed E-state index contributed by atoms with van der Waals surface area (Å²) in [4.78, 5) is 12.0. The Balaban J connectivity index is 1.37. The summed E-state index contributed by atoms with van der Waals surface area (Å²) in [5.74, 6) is 0.583. The molecule has 2 aliphatic heterocycles.